The normalized spacial score (nSPS) is 15.7. The topological polar surface area (TPSA) is 761 Å². The Morgan fingerprint density at radius 1 is 0.276 bits per heavy atom. The number of hydrogen-bond donors (Lipinski definition) is 25. The lowest BCUT2D eigenvalue weighted by atomic mass is 9.94. The van der Waals surface area contributed by atoms with Crippen molar-refractivity contribution in [2.45, 2.75) is 309 Å². The summed E-state index contributed by atoms with van der Waals surface area (Å²) < 4.78 is 0. The Kier molecular flexibility index (Phi) is 53.9. The standard InChI is InChI=1S/C78H137N19O26/c1-13-41(10)61(75(119)87-45(20-16-18-32-79)65(109)89-50(78(122)123)21-17-19-33-80)96-71(115)52(35-39(6)7)91-67(111)46(23-27-55(82)100)84-66(110)49(26-31-59(106)107)88-76(120)62(42(11)14-2)97-77(121)63(43(12)15-3)95-69(113)47(24-28-56(83)101)85-73(117)54(37-99)93-74(118)60(40(8)9)94-70(114)51(34-38(4)5)90-68(112)48(25-30-58(104)105)86-72(116)53(36-98)92-64(108)44(81)22-29-57(102)103/h38-54,60-63,98-99H,13-37,79-81H2,1-12H3,(H2,82,100)(H2,83,101)(H,84,110)(H,85,117)(H,86,116)(H,87,119)(H,88,120)(H,89,109)(H,90,112)(H,91,111)(H,92,108)(H,93,118)(H,94,114)(H,95,113)(H,96,115)(H,97,121)(H,102,103)(H,104,105)(H,106,107)(H,122,123)/t41-,42-,43-,44-,45-,46-,47-,48-,49-,50-,51-,52-,53-,54-,60-,61-,62-,63-/m0/s1. The van der Waals surface area contributed by atoms with Crippen molar-refractivity contribution in [3.63, 3.8) is 0 Å². The Labute approximate surface area is 715 Å². The van der Waals surface area contributed by atoms with Gasteiger partial charge >= 0.3 is 23.9 Å². The highest BCUT2D eigenvalue weighted by molar-refractivity contribution is 6.01. The van der Waals surface area contributed by atoms with Crippen molar-refractivity contribution >= 4 is 118 Å². The molecule has 0 aliphatic rings. The molecule has 0 aromatic heterocycles. The van der Waals surface area contributed by atoms with Crippen molar-refractivity contribution in [1.29, 1.82) is 0 Å². The van der Waals surface area contributed by atoms with Gasteiger partial charge in [0.25, 0.3) is 0 Å². The summed E-state index contributed by atoms with van der Waals surface area (Å²) in [6.45, 7) is 17.5. The van der Waals surface area contributed by atoms with E-state index < -0.39 is 310 Å². The molecule has 30 N–H and O–H groups in total. The Bertz CT molecular complexity index is 3540. The van der Waals surface area contributed by atoms with E-state index in [2.05, 4.69) is 74.4 Å². The van der Waals surface area contributed by atoms with E-state index in [0.717, 1.165) is 0 Å². The monoisotopic (exact) mass is 1760 g/mol. The number of aliphatic hydroxyl groups excluding tert-OH is 2. The van der Waals surface area contributed by atoms with E-state index in [1.165, 1.54) is 27.7 Å². The SMILES string of the molecule is CC[C@H](C)[C@H](NC(=O)[C@H](CC(C)C)NC(=O)[C@H](CCC(N)=O)NC(=O)[C@H](CCC(=O)O)NC(=O)[C@@H](NC(=O)[C@@H](NC(=O)[C@H](CCC(N)=O)NC(=O)[C@H](CO)NC(=O)[C@@H](NC(=O)[C@H](CC(C)C)NC(=O)[C@H](CCC(=O)O)NC(=O)[C@H](CO)NC(=O)[C@@H](N)CCC(=O)O)C(C)C)[C@@H](C)CC)[C@@H](C)CC)C(=O)N[C@@H](CCCCN)C(=O)N[C@@H](CCCCN)C(=O)O. The van der Waals surface area contributed by atoms with Crippen LogP contribution in [0.4, 0.5) is 0 Å². The molecule has 0 aliphatic carbocycles. The molecule has 0 unspecified atom stereocenters. The summed E-state index contributed by atoms with van der Waals surface area (Å²) in [5.74, 6) is -26.2. The number of aliphatic hydroxyl groups is 2. The number of amides is 16. The van der Waals surface area contributed by atoms with Crippen LogP contribution in [0.2, 0.25) is 0 Å². The quantitative estimate of drug-likeness (QED) is 0.0253. The van der Waals surface area contributed by atoms with E-state index in [1.807, 2.05) is 0 Å². The van der Waals surface area contributed by atoms with Crippen molar-refractivity contribution in [3.05, 3.63) is 0 Å². The van der Waals surface area contributed by atoms with E-state index >= 15 is 0 Å². The Hall–Kier alpha value is -10.8. The number of primary amides is 2. The largest absolute Gasteiger partial charge is 0.481 e. The van der Waals surface area contributed by atoms with Gasteiger partial charge in [0, 0.05) is 32.1 Å². The number of carbonyl (C=O) groups excluding carboxylic acids is 16. The van der Waals surface area contributed by atoms with Crippen LogP contribution in [0.25, 0.3) is 0 Å². The maximum atomic E-state index is 14.7. The van der Waals surface area contributed by atoms with E-state index in [1.54, 1.807) is 55.4 Å². The zero-order chi connectivity index (χ0) is 94.2. The lowest BCUT2D eigenvalue weighted by Gasteiger charge is -2.31. The minimum Gasteiger partial charge on any atom is -0.481 e. The second-order valence-corrected chi connectivity index (χ2v) is 31.9. The van der Waals surface area contributed by atoms with Crippen LogP contribution in [0.3, 0.4) is 0 Å². The molecule has 0 bridgehead atoms. The third-order valence-electron chi connectivity index (χ3n) is 20.3. The van der Waals surface area contributed by atoms with Gasteiger partial charge in [0.05, 0.1) is 19.3 Å². The molecule has 0 rings (SSSR count). The van der Waals surface area contributed by atoms with Crippen LogP contribution in [0.1, 0.15) is 218 Å². The number of rotatable bonds is 65. The van der Waals surface area contributed by atoms with E-state index in [4.69, 9.17) is 33.8 Å². The van der Waals surface area contributed by atoms with Gasteiger partial charge in [0.1, 0.15) is 84.6 Å². The van der Waals surface area contributed by atoms with Gasteiger partial charge in [-0.25, -0.2) is 4.79 Å². The van der Waals surface area contributed by atoms with Crippen molar-refractivity contribution in [2.75, 3.05) is 26.3 Å². The third kappa shape index (κ3) is 43.7. The van der Waals surface area contributed by atoms with Crippen LogP contribution in [-0.2, 0) is 95.9 Å². The van der Waals surface area contributed by atoms with Gasteiger partial charge in [-0.2, -0.15) is 0 Å². The molecular formula is C78H137N19O26. The van der Waals surface area contributed by atoms with Crippen LogP contribution < -0.4 is 103 Å². The second-order valence-electron chi connectivity index (χ2n) is 31.9. The molecule has 0 radical (unpaired) electrons. The number of aliphatic carboxylic acids is 4. The molecule has 700 valence electrons. The Morgan fingerprint density at radius 3 is 0.813 bits per heavy atom. The number of carboxylic acids is 4. The molecule has 0 saturated heterocycles. The van der Waals surface area contributed by atoms with E-state index in [9.17, 15) is 121 Å². The number of hydrogen-bond acceptors (Lipinski definition) is 25. The lowest BCUT2D eigenvalue weighted by Crippen LogP contribution is -2.63. The highest BCUT2D eigenvalue weighted by Gasteiger charge is 2.41. The van der Waals surface area contributed by atoms with Gasteiger partial charge in [-0.05, 0) is 132 Å². The summed E-state index contributed by atoms with van der Waals surface area (Å²) >= 11 is 0. The van der Waals surface area contributed by atoms with Crippen molar-refractivity contribution in [1.82, 2.24) is 74.4 Å². The van der Waals surface area contributed by atoms with Gasteiger partial charge in [-0.1, -0.05) is 102 Å². The van der Waals surface area contributed by atoms with Crippen LogP contribution in [0.15, 0.2) is 0 Å². The van der Waals surface area contributed by atoms with E-state index in [0.29, 0.717) is 25.7 Å². The highest BCUT2D eigenvalue weighted by atomic mass is 16.4. The van der Waals surface area contributed by atoms with Crippen LogP contribution in [-0.4, -0.2) is 266 Å². The highest BCUT2D eigenvalue weighted by Crippen LogP contribution is 2.19. The lowest BCUT2D eigenvalue weighted by molar-refractivity contribution is -0.143. The fourth-order valence-electron chi connectivity index (χ4n) is 12.2. The summed E-state index contributed by atoms with van der Waals surface area (Å²) in [6, 6.07) is -24.1. The van der Waals surface area contributed by atoms with Crippen LogP contribution >= 0.6 is 0 Å². The molecule has 45 heteroatoms. The first-order chi connectivity index (χ1) is 57.6. The minimum absolute atomic E-state index is 0.0299. The second kappa shape index (κ2) is 59.1. The predicted molar refractivity (Wildman–Crippen MR) is 442 cm³/mol. The average Bonchev–Trinajstić information content (AvgIpc) is 0.849. The van der Waals surface area contributed by atoms with Gasteiger partial charge in [0.15, 0.2) is 0 Å². The molecule has 16 amide bonds. The number of nitrogens with one attached hydrogen (secondary N) is 14. The molecule has 0 aromatic carbocycles. The van der Waals surface area contributed by atoms with Gasteiger partial charge in [0.2, 0.25) is 94.5 Å². The van der Waals surface area contributed by atoms with Gasteiger partial charge in [-0.15, -0.1) is 0 Å². The molecule has 0 heterocycles. The number of carboxylic acid groups (broad SMARTS) is 4. The van der Waals surface area contributed by atoms with Crippen LogP contribution in [0.5, 0.6) is 0 Å². The van der Waals surface area contributed by atoms with Crippen molar-refractivity contribution in [3.8, 4) is 0 Å². The maximum Gasteiger partial charge on any atom is 0.326 e. The minimum atomic E-state index is -1.94. The summed E-state index contributed by atoms with van der Waals surface area (Å²) in [7, 11) is 0. The Morgan fingerprint density at radius 2 is 0.512 bits per heavy atom. The molecule has 18 atom stereocenters. The van der Waals surface area contributed by atoms with E-state index in [-0.39, 0.29) is 70.4 Å². The maximum absolute atomic E-state index is 14.7. The predicted octanol–water partition coefficient (Wildman–Crippen LogP) is -5.56. The van der Waals surface area contributed by atoms with Crippen LogP contribution in [0, 0.1) is 35.5 Å². The van der Waals surface area contributed by atoms with Crippen molar-refractivity contribution < 1.29 is 127 Å². The van der Waals surface area contributed by atoms with Crippen molar-refractivity contribution in [2.24, 2.45) is 64.2 Å². The molecule has 45 nitrogen and oxygen atoms in total. The first-order valence-corrected chi connectivity index (χ1v) is 41.7. The summed E-state index contributed by atoms with van der Waals surface area (Å²) in [4.78, 5) is 269. The zero-order valence-electron chi connectivity index (χ0n) is 72.5. The average molecular weight is 1760 g/mol. The fourth-order valence-corrected chi connectivity index (χ4v) is 12.2. The first-order valence-electron chi connectivity index (χ1n) is 41.7. The summed E-state index contributed by atoms with van der Waals surface area (Å²) in [5.41, 5.74) is 28.0. The number of nitrogens with two attached hydrogens (primary N) is 5. The molecular weight excluding hydrogens is 1620 g/mol. The summed E-state index contributed by atoms with van der Waals surface area (Å²) in [6.07, 6.45) is -3.93. The number of carbonyl (C=O) groups is 20. The Balaban J connectivity index is 7.25. The first kappa shape index (κ1) is 112. The number of unbranched alkanes of at least 4 members (excludes halogenated alkanes) is 2. The molecule has 0 spiro atoms. The zero-order valence-corrected chi connectivity index (χ0v) is 72.5. The van der Waals surface area contributed by atoms with Gasteiger partial charge in [-0.3, -0.25) is 91.1 Å². The third-order valence-corrected chi connectivity index (χ3v) is 20.3. The smallest absolute Gasteiger partial charge is 0.326 e. The summed E-state index contributed by atoms with van der Waals surface area (Å²) in [5, 5.41) is 93.1. The molecule has 0 aliphatic heterocycles. The fraction of sp³-hybridized carbons (Fsp3) is 0.744. The molecule has 0 aromatic rings. The molecule has 123 heavy (non-hydrogen) atoms. The van der Waals surface area contributed by atoms with Gasteiger partial charge < -0.3 is 134 Å². The molecule has 0 saturated carbocycles. The molecule has 0 fully saturated rings.